The second-order valence-corrected chi connectivity index (χ2v) is 5.20. The van der Waals surface area contributed by atoms with Gasteiger partial charge in [-0.15, -0.1) is 0 Å². The molecule has 114 valence electrons. The van der Waals surface area contributed by atoms with Crippen LogP contribution in [0.2, 0.25) is 0 Å². The molecule has 0 saturated carbocycles. The molecule has 0 spiro atoms. The van der Waals surface area contributed by atoms with Crippen molar-refractivity contribution in [1.29, 1.82) is 0 Å². The Kier molecular flexibility index (Phi) is 4.52. The molecule has 2 aliphatic rings. The van der Waals surface area contributed by atoms with Crippen LogP contribution in [0.4, 0.5) is 0 Å². The number of carbonyl (C=O) groups is 2. The lowest BCUT2D eigenvalue weighted by atomic mass is 10.1. The maximum absolute atomic E-state index is 12.1. The molecule has 1 fully saturated rings. The van der Waals surface area contributed by atoms with Gasteiger partial charge in [0, 0.05) is 6.61 Å². The number of benzene rings is 1. The molecule has 2 heterocycles. The first kappa shape index (κ1) is 14.8. The number of hydrogen-bond donors (Lipinski definition) is 0. The van der Waals surface area contributed by atoms with Crippen LogP contribution in [0, 0.1) is 11.8 Å². The highest BCUT2D eigenvalue weighted by Gasteiger charge is 2.34. The van der Waals surface area contributed by atoms with Crippen LogP contribution in [0.1, 0.15) is 40.0 Å². The first-order valence-corrected chi connectivity index (χ1v) is 7.41. The Morgan fingerprint density at radius 3 is 2.50 bits per heavy atom. The van der Waals surface area contributed by atoms with Crippen molar-refractivity contribution in [3.05, 3.63) is 35.4 Å². The Bertz CT molecular complexity index is 603. The molecule has 2 amide bonds. The van der Waals surface area contributed by atoms with Gasteiger partial charge in [0.2, 0.25) is 0 Å². The number of nitrogens with zero attached hydrogens (tertiary/aromatic N) is 1. The zero-order chi connectivity index (χ0) is 15.4. The van der Waals surface area contributed by atoms with E-state index < -0.39 is 0 Å². The summed E-state index contributed by atoms with van der Waals surface area (Å²) in [5.74, 6) is 5.07. The third-order valence-corrected chi connectivity index (χ3v) is 3.72. The van der Waals surface area contributed by atoms with Crippen LogP contribution in [0.3, 0.4) is 0 Å². The monoisotopic (exact) mass is 299 g/mol. The molecule has 1 unspecified atom stereocenters. The Balaban J connectivity index is 1.51. The first-order valence-electron chi connectivity index (χ1n) is 7.41. The molecule has 1 aromatic carbocycles. The highest BCUT2D eigenvalue weighted by molar-refractivity contribution is 6.21. The summed E-state index contributed by atoms with van der Waals surface area (Å²) in [5.41, 5.74) is 0.891. The number of rotatable bonds is 3. The van der Waals surface area contributed by atoms with Crippen molar-refractivity contribution < 1.29 is 19.1 Å². The van der Waals surface area contributed by atoms with Crippen molar-refractivity contribution >= 4 is 11.8 Å². The van der Waals surface area contributed by atoms with Crippen molar-refractivity contribution in [3.8, 4) is 11.8 Å². The average molecular weight is 299 g/mol. The molecule has 0 N–H and O–H groups in total. The van der Waals surface area contributed by atoms with Gasteiger partial charge in [0.25, 0.3) is 11.8 Å². The summed E-state index contributed by atoms with van der Waals surface area (Å²) in [6.45, 7) is 1.06. The third kappa shape index (κ3) is 3.03. The number of ether oxygens (including phenoxy) is 2. The van der Waals surface area contributed by atoms with Crippen LogP contribution < -0.4 is 0 Å². The van der Waals surface area contributed by atoms with E-state index >= 15 is 0 Å². The summed E-state index contributed by atoms with van der Waals surface area (Å²) in [6.07, 6.45) is 2.89. The highest BCUT2D eigenvalue weighted by atomic mass is 16.7. The van der Waals surface area contributed by atoms with E-state index in [1.807, 2.05) is 0 Å². The quantitative estimate of drug-likeness (QED) is 0.631. The summed E-state index contributed by atoms with van der Waals surface area (Å²) < 4.78 is 10.9. The second kappa shape index (κ2) is 6.73. The molecule has 0 bridgehead atoms. The van der Waals surface area contributed by atoms with Gasteiger partial charge in [-0.25, -0.2) is 0 Å². The van der Waals surface area contributed by atoms with Crippen molar-refractivity contribution in [2.45, 2.75) is 25.6 Å². The number of carbonyl (C=O) groups excluding carboxylic acids is 2. The van der Waals surface area contributed by atoms with E-state index in [-0.39, 0.29) is 31.3 Å². The van der Waals surface area contributed by atoms with Gasteiger partial charge in [0.1, 0.15) is 6.61 Å². The molecule has 0 aliphatic carbocycles. The third-order valence-electron chi connectivity index (χ3n) is 3.72. The second-order valence-electron chi connectivity index (χ2n) is 5.20. The SMILES string of the molecule is O=C1c2ccccc2C(=O)N1CC#CCOC1CCCCO1. The minimum Gasteiger partial charge on any atom is -0.353 e. The lowest BCUT2D eigenvalue weighted by Gasteiger charge is -2.21. The predicted molar refractivity (Wildman–Crippen MR) is 79.1 cm³/mol. The van der Waals surface area contributed by atoms with Gasteiger partial charge < -0.3 is 9.47 Å². The predicted octanol–water partition coefficient (Wildman–Crippen LogP) is 1.83. The van der Waals surface area contributed by atoms with E-state index in [1.165, 1.54) is 0 Å². The van der Waals surface area contributed by atoms with Crippen molar-refractivity contribution in [1.82, 2.24) is 4.90 Å². The minimum absolute atomic E-state index is 0.0846. The molecule has 5 nitrogen and oxygen atoms in total. The number of amides is 2. The smallest absolute Gasteiger partial charge is 0.262 e. The van der Waals surface area contributed by atoms with Gasteiger partial charge in [-0.3, -0.25) is 14.5 Å². The van der Waals surface area contributed by atoms with Crippen LogP contribution in [0.25, 0.3) is 0 Å². The summed E-state index contributed by atoms with van der Waals surface area (Å²) in [6, 6.07) is 6.81. The van der Waals surface area contributed by atoms with Gasteiger partial charge in [0.05, 0.1) is 17.7 Å². The molecule has 1 aromatic rings. The van der Waals surface area contributed by atoms with Crippen molar-refractivity contribution in [2.24, 2.45) is 0 Å². The van der Waals surface area contributed by atoms with Gasteiger partial charge in [0.15, 0.2) is 6.29 Å². The molecule has 0 radical (unpaired) electrons. The fraction of sp³-hybridized carbons (Fsp3) is 0.412. The van der Waals surface area contributed by atoms with Crippen LogP contribution in [-0.2, 0) is 9.47 Å². The van der Waals surface area contributed by atoms with E-state index in [1.54, 1.807) is 24.3 Å². The summed E-state index contributed by atoms with van der Waals surface area (Å²) in [7, 11) is 0. The minimum atomic E-state index is -0.286. The Labute approximate surface area is 129 Å². The molecule has 0 aromatic heterocycles. The van der Waals surface area contributed by atoms with Gasteiger partial charge >= 0.3 is 0 Å². The zero-order valence-corrected chi connectivity index (χ0v) is 12.2. The van der Waals surface area contributed by atoms with E-state index in [2.05, 4.69) is 11.8 Å². The Morgan fingerprint density at radius 2 is 1.86 bits per heavy atom. The molecule has 1 saturated heterocycles. The van der Waals surface area contributed by atoms with Crippen LogP contribution in [-0.4, -0.2) is 42.8 Å². The first-order chi connectivity index (χ1) is 10.8. The Hall–Kier alpha value is -2.16. The van der Waals surface area contributed by atoms with E-state index in [9.17, 15) is 9.59 Å². The van der Waals surface area contributed by atoms with E-state index in [0.29, 0.717) is 11.1 Å². The van der Waals surface area contributed by atoms with Gasteiger partial charge in [-0.2, -0.15) is 0 Å². The van der Waals surface area contributed by atoms with Crippen LogP contribution >= 0.6 is 0 Å². The van der Waals surface area contributed by atoms with E-state index in [0.717, 1.165) is 30.8 Å². The summed E-state index contributed by atoms with van der Waals surface area (Å²) >= 11 is 0. The van der Waals surface area contributed by atoms with Crippen molar-refractivity contribution in [2.75, 3.05) is 19.8 Å². The zero-order valence-electron chi connectivity index (χ0n) is 12.2. The fourth-order valence-electron chi connectivity index (χ4n) is 2.55. The maximum atomic E-state index is 12.1. The standard InChI is InChI=1S/C17H17NO4/c19-16-13-7-1-2-8-14(13)17(20)18(16)10-4-6-12-22-15-9-3-5-11-21-15/h1-2,7-8,15H,3,5,9-12H2. The van der Waals surface area contributed by atoms with Crippen LogP contribution in [0.5, 0.6) is 0 Å². The highest BCUT2D eigenvalue weighted by Crippen LogP contribution is 2.21. The number of hydrogen-bond acceptors (Lipinski definition) is 4. The maximum Gasteiger partial charge on any atom is 0.262 e. The Morgan fingerprint density at radius 1 is 1.14 bits per heavy atom. The molecule has 5 heteroatoms. The summed E-state index contributed by atoms with van der Waals surface area (Å²) in [4.78, 5) is 25.4. The van der Waals surface area contributed by atoms with Crippen molar-refractivity contribution in [3.63, 3.8) is 0 Å². The van der Waals surface area contributed by atoms with Crippen LogP contribution in [0.15, 0.2) is 24.3 Å². The van der Waals surface area contributed by atoms with E-state index in [4.69, 9.17) is 9.47 Å². The molecule has 3 rings (SSSR count). The lowest BCUT2D eigenvalue weighted by Crippen LogP contribution is -2.30. The molecular weight excluding hydrogens is 282 g/mol. The largest absolute Gasteiger partial charge is 0.353 e. The topological polar surface area (TPSA) is 55.8 Å². The summed E-state index contributed by atoms with van der Waals surface area (Å²) in [5, 5.41) is 0. The molecular formula is C17H17NO4. The fourth-order valence-corrected chi connectivity index (χ4v) is 2.55. The van der Waals surface area contributed by atoms with Gasteiger partial charge in [-0.05, 0) is 31.4 Å². The molecule has 1 atom stereocenters. The lowest BCUT2D eigenvalue weighted by molar-refractivity contribution is -0.154. The number of fused-ring (bicyclic) bond motifs is 1. The van der Waals surface area contributed by atoms with Gasteiger partial charge in [-0.1, -0.05) is 24.0 Å². The molecule has 2 aliphatic heterocycles. The molecule has 22 heavy (non-hydrogen) atoms. The normalized spacial score (nSPS) is 20.5. The average Bonchev–Trinajstić information content (AvgIpc) is 2.81. The number of imide groups is 1.